The maximum Gasteiger partial charge on any atom is 0.245 e. The van der Waals surface area contributed by atoms with Gasteiger partial charge in [0.1, 0.15) is 0 Å². The second-order valence-electron chi connectivity index (χ2n) is 4.31. The summed E-state index contributed by atoms with van der Waals surface area (Å²) >= 11 is 0. The summed E-state index contributed by atoms with van der Waals surface area (Å²) in [6.07, 6.45) is 0. The molecule has 1 aromatic carbocycles. The molecule has 0 unspecified atom stereocenters. The standard InChI is InChI=1S/C12H12N6O/c1-6-3-4-7(2)8(5-6)14-10-9(13)15-11-12(16-10)18-19-17-11/h3-5H,1-2H3,(H2,13,15,17)(H,14,16,18). The first-order valence-corrected chi connectivity index (χ1v) is 5.73. The van der Waals surface area contributed by atoms with Crippen LogP contribution in [0.5, 0.6) is 0 Å². The van der Waals surface area contributed by atoms with Crippen LogP contribution in [-0.2, 0) is 0 Å². The molecule has 0 aliphatic rings. The van der Waals surface area contributed by atoms with Crippen molar-refractivity contribution in [1.29, 1.82) is 0 Å². The molecule has 0 amide bonds. The molecule has 2 aromatic heterocycles. The number of anilines is 3. The zero-order valence-electron chi connectivity index (χ0n) is 10.5. The van der Waals surface area contributed by atoms with E-state index in [-0.39, 0.29) is 5.82 Å². The summed E-state index contributed by atoms with van der Waals surface area (Å²) in [6, 6.07) is 6.08. The zero-order chi connectivity index (χ0) is 13.4. The average molecular weight is 256 g/mol. The molecule has 0 saturated heterocycles. The van der Waals surface area contributed by atoms with Crippen molar-refractivity contribution in [3.63, 3.8) is 0 Å². The van der Waals surface area contributed by atoms with Gasteiger partial charge in [-0.05, 0) is 41.4 Å². The topological polar surface area (TPSA) is 103 Å². The molecule has 0 fully saturated rings. The van der Waals surface area contributed by atoms with Crippen molar-refractivity contribution in [2.75, 3.05) is 11.1 Å². The molecule has 0 bridgehead atoms. The largest absolute Gasteiger partial charge is 0.381 e. The highest BCUT2D eigenvalue weighted by Gasteiger charge is 2.11. The lowest BCUT2D eigenvalue weighted by Crippen LogP contribution is -2.03. The molecule has 0 atom stereocenters. The molecule has 7 nitrogen and oxygen atoms in total. The number of nitrogens with two attached hydrogens (primary N) is 1. The Morgan fingerprint density at radius 2 is 1.84 bits per heavy atom. The predicted octanol–water partition coefficient (Wildman–Crippen LogP) is 1.96. The van der Waals surface area contributed by atoms with Crippen molar-refractivity contribution in [1.82, 2.24) is 20.3 Å². The van der Waals surface area contributed by atoms with E-state index in [1.807, 2.05) is 32.0 Å². The van der Waals surface area contributed by atoms with Gasteiger partial charge in [-0.25, -0.2) is 14.6 Å². The number of hydrogen-bond donors (Lipinski definition) is 2. The second kappa shape index (κ2) is 4.20. The van der Waals surface area contributed by atoms with Gasteiger partial charge >= 0.3 is 0 Å². The summed E-state index contributed by atoms with van der Waals surface area (Å²) in [7, 11) is 0. The highest BCUT2D eigenvalue weighted by Crippen LogP contribution is 2.24. The van der Waals surface area contributed by atoms with E-state index in [0.717, 1.165) is 16.8 Å². The molecule has 3 rings (SSSR count). The van der Waals surface area contributed by atoms with Crippen molar-refractivity contribution in [3.05, 3.63) is 29.3 Å². The van der Waals surface area contributed by atoms with Crippen LogP contribution in [0.15, 0.2) is 22.8 Å². The second-order valence-corrected chi connectivity index (χ2v) is 4.31. The summed E-state index contributed by atoms with van der Waals surface area (Å²) in [5.74, 6) is 0.695. The van der Waals surface area contributed by atoms with Crippen LogP contribution in [0.25, 0.3) is 11.3 Å². The fourth-order valence-corrected chi connectivity index (χ4v) is 1.74. The van der Waals surface area contributed by atoms with Gasteiger partial charge in [0.25, 0.3) is 0 Å². The maximum absolute atomic E-state index is 5.84. The van der Waals surface area contributed by atoms with E-state index in [9.17, 15) is 0 Å². The fraction of sp³-hybridized carbons (Fsp3) is 0.167. The normalized spacial score (nSPS) is 10.8. The van der Waals surface area contributed by atoms with Crippen molar-refractivity contribution < 1.29 is 4.63 Å². The number of benzene rings is 1. The number of nitrogens with one attached hydrogen (secondary N) is 1. The van der Waals surface area contributed by atoms with E-state index < -0.39 is 0 Å². The molecule has 0 radical (unpaired) electrons. The number of nitrogens with zero attached hydrogens (tertiary/aromatic N) is 4. The van der Waals surface area contributed by atoms with Gasteiger partial charge in [0, 0.05) is 5.69 Å². The van der Waals surface area contributed by atoms with E-state index in [1.54, 1.807) is 0 Å². The molecule has 0 saturated carbocycles. The van der Waals surface area contributed by atoms with Gasteiger partial charge in [-0.15, -0.1) is 0 Å². The van der Waals surface area contributed by atoms with Crippen molar-refractivity contribution in [3.8, 4) is 0 Å². The first kappa shape index (κ1) is 11.4. The quantitative estimate of drug-likeness (QED) is 0.722. The Balaban J connectivity index is 2.04. The summed E-state index contributed by atoms with van der Waals surface area (Å²) in [5.41, 5.74) is 9.61. The minimum Gasteiger partial charge on any atom is -0.381 e. The molecular formula is C12H12N6O. The summed E-state index contributed by atoms with van der Waals surface area (Å²) in [4.78, 5) is 8.30. The smallest absolute Gasteiger partial charge is 0.245 e. The Bertz CT molecular complexity index is 751. The van der Waals surface area contributed by atoms with Crippen LogP contribution in [-0.4, -0.2) is 20.3 Å². The number of aromatic nitrogens is 4. The fourth-order valence-electron chi connectivity index (χ4n) is 1.74. The van der Waals surface area contributed by atoms with E-state index in [2.05, 4.69) is 30.2 Å². The van der Waals surface area contributed by atoms with Gasteiger partial charge < -0.3 is 11.1 Å². The van der Waals surface area contributed by atoms with Crippen molar-refractivity contribution in [2.45, 2.75) is 13.8 Å². The number of aryl methyl sites for hydroxylation is 2. The number of fused-ring (bicyclic) bond motifs is 1. The third-order valence-electron chi connectivity index (χ3n) is 2.79. The molecule has 3 aromatic rings. The Kier molecular flexibility index (Phi) is 2.52. The van der Waals surface area contributed by atoms with Crippen LogP contribution in [0.4, 0.5) is 17.3 Å². The summed E-state index contributed by atoms with van der Waals surface area (Å²) in [6.45, 7) is 4.02. The summed E-state index contributed by atoms with van der Waals surface area (Å²) < 4.78 is 4.56. The third-order valence-corrected chi connectivity index (χ3v) is 2.79. The van der Waals surface area contributed by atoms with E-state index in [0.29, 0.717) is 17.1 Å². The SMILES string of the molecule is Cc1ccc(C)c(Nc2nc3nonc3nc2N)c1. The number of rotatable bonds is 2. The van der Waals surface area contributed by atoms with Crippen LogP contribution >= 0.6 is 0 Å². The first-order valence-electron chi connectivity index (χ1n) is 5.73. The maximum atomic E-state index is 5.84. The molecule has 0 aliphatic carbocycles. The molecule has 7 heteroatoms. The Morgan fingerprint density at radius 3 is 2.63 bits per heavy atom. The third kappa shape index (κ3) is 2.05. The predicted molar refractivity (Wildman–Crippen MR) is 71.0 cm³/mol. The van der Waals surface area contributed by atoms with Gasteiger partial charge in [0.2, 0.25) is 11.3 Å². The minimum absolute atomic E-state index is 0.254. The molecule has 3 N–H and O–H groups in total. The molecule has 96 valence electrons. The highest BCUT2D eigenvalue weighted by molar-refractivity contribution is 5.75. The molecule has 0 spiro atoms. The van der Waals surface area contributed by atoms with Crippen molar-refractivity contribution in [2.24, 2.45) is 0 Å². The van der Waals surface area contributed by atoms with E-state index >= 15 is 0 Å². The van der Waals surface area contributed by atoms with Gasteiger partial charge in [-0.3, -0.25) is 0 Å². The van der Waals surface area contributed by atoms with Crippen LogP contribution in [0.3, 0.4) is 0 Å². The van der Waals surface area contributed by atoms with E-state index in [1.165, 1.54) is 0 Å². The Hall–Kier alpha value is -2.70. The monoisotopic (exact) mass is 256 g/mol. The minimum atomic E-state index is 0.254. The van der Waals surface area contributed by atoms with Gasteiger partial charge in [0.05, 0.1) is 0 Å². The van der Waals surface area contributed by atoms with Crippen LogP contribution < -0.4 is 11.1 Å². The summed E-state index contributed by atoms with van der Waals surface area (Å²) in [5, 5.41) is 10.4. The highest BCUT2D eigenvalue weighted by atomic mass is 16.6. The Morgan fingerprint density at radius 1 is 1.11 bits per heavy atom. The van der Waals surface area contributed by atoms with Crippen molar-refractivity contribution >= 4 is 28.6 Å². The van der Waals surface area contributed by atoms with Gasteiger partial charge in [-0.2, -0.15) is 0 Å². The Labute approximate surface area is 108 Å². The molecule has 19 heavy (non-hydrogen) atoms. The molecular weight excluding hydrogens is 244 g/mol. The lowest BCUT2D eigenvalue weighted by Gasteiger charge is -2.10. The molecule has 2 heterocycles. The lowest BCUT2D eigenvalue weighted by molar-refractivity contribution is 0.314. The molecule has 0 aliphatic heterocycles. The zero-order valence-corrected chi connectivity index (χ0v) is 10.5. The van der Waals surface area contributed by atoms with Crippen LogP contribution in [0.1, 0.15) is 11.1 Å². The van der Waals surface area contributed by atoms with Crippen LogP contribution in [0.2, 0.25) is 0 Å². The van der Waals surface area contributed by atoms with Gasteiger partial charge in [-0.1, -0.05) is 12.1 Å². The lowest BCUT2D eigenvalue weighted by atomic mass is 10.1. The van der Waals surface area contributed by atoms with Gasteiger partial charge in [0.15, 0.2) is 11.6 Å². The van der Waals surface area contributed by atoms with Crippen LogP contribution in [0, 0.1) is 13.8 Å². The first-order chi connectivity index (χ1) is 9.13. The number of nitrogen functional groups attached to an aromatic ring is 1. The average Bonchev–Trinajstić information content (AvgIpc) is 2.81. The van der Waals surface area contributed by atoms with E-state index in [4.69, 9.17) is 5.73 Å². The number of hydrogen-bond acceptors (Lipinski definition) is 7.